The molecule has 3 aromatic rings. The van der Waals surface area contributed by atoms with Crippen LogP contribution >= 0.6 is 11.3 Å². The van der Waals surface area contributed by atoms with Crippen LogP contribution in [0.5, 0.6) is 0 Å². The summed E-state index contributed by atoms with van der Waals surface area (Å²) in [6.07, 6.45) is 1.73. The molecule has 0 aliphatic heterocycles. The zero-order chi connectivity index (χ0) is 18.7. The van der Waals surface area contributed by atoms with E-state index in [1.54, 1.807) is 6.20 Å². The summed E-state index contributed by atoms with van der Waals surface area (Å²) in [7, 11) is 0. The second-order valence-corrected chi connectivity index (χ2v) is 7.40. The third-order valence-electron chi connectivity index (χ3n) is 4.12. The van der Waals surface area contributed by atoms with Crippen molar-refractivity contribution in [3.63, 3.8) is 0 Å². The number of aromatic nitrogens is 1. The lowest BCUT2D eigenvalue weighted by atomic mass is 10.0. The van der Waals surface area contributed by atoms with Crippen LogP contribution in [0, 0.1) is 39.0 Å². The number of anilines is 1. The highest BCUT2D eigenvalue weighted by atomic mass is 32.1. The molecule has 0 bridgehead atoms. The molecule has 0 radical (unpaired) electrons. The minimum absolute atomic E-state index is 0.533. The number of hydrogen-bond donors (Lipinski definition) is 1. The molecule has 1 N–H and O–H groups in total. The summed E-state index contributed by atoms with van der Waals surface area (Å²) in [5, 5.41) is 15.5. The van der Waals surface area contributed by atoms with Crippen molar-refractivity contribution in [2.75, 3.05) is 5.32 Å². The van der Waals surface area contributed by atoms with E-state index in [1.165, 1.54) is 33.6 Å². The lowest BCUT2D eigenvalue weighted by Crippen LogP contribution is -1.92. The van der Waals surface area contributed by atoms with Gasteiger partial charge in [-0.05, 0) is 56.5 Å². The van der Waals surface area contributed by atoms with Crippen molar-refractivity contribution in [3.05, 3.63) is 75.2 Å². The smallest absolute Gasteiger partial charge is 0.136 e. The van der Waals surface area contributed by atoms with Crippen LogP contribution in [0.25, 0.3) is 16.8 Å². The van der Waals surface area contributed by atoms with Gasteiger partial charge in [-0.15, -0.1) is 11.3 Å². The van der Waals surface area contributed by atoms with Crippen LogP contribution in [-0.2, 0) is 0 Å². The van der Waals surface area contributed by atoms with Gasteiger partial charge in [0.2, 0.25) is 0 Å². The third kappa shape index (κ3) is 4.01. The number of benzene rings is 2. The summed E-state index contributed by atoms with van der Waals surface area (Å²) < 4.78 is 0. The highest BCUT2D eigenvalue weighted by Crippen LogP contribution is 2.28. The average molecular weight is 359 g/mol. The lowest BCUT2D eigenvalue weighted by molar-refractivity contribution is 1.32. The number of aryl methyl sites for hydroxylation is 4. The van der Waals surface area contributed by atoms with E-state index >= 15 is 0 Å². The molecule has 3 rings (SSSR count). The SMILES string of the molecule is Cc1cc(C)cc(NC=C(C#N)c2nc(-c3ccc(C)cc3C)cs2)c1. The van der Waals surface area contributed by atoms with E-state index < -0.39 is 0 Å². The minimum atomic E-state index is 0.533. The summed E-state index contributed by atoms with van der Waals surface area (Å²) in [6.45, 7) is 8.29. The van der Waals surface area contributed by atoms with Gasteiger partial charge < -0.3 is 5.32 Å². The number of nitrogens with one attached hydrogen (secondary N) is 1. The van der Waals surface area contributed by atoms with Crippen molar-refractivity contribution in [3.8, 4) is 17.3 Å². The van der Waals surface area contributed by atoms with E-state index in [9.17, 15) is 5.26 Å². The Balaban J connectivity index is 1.87. The lowest BCUT2D eigenvalue weighted by Gasteiger charge is -2.05. The molecule has 130 valence electrons. The molecule has 26 heavy (non-hydrogen) atoms. The van der Waals surface area contributed by atoms with E-state index in [1.807, 2.05) is 5.38 Å². The molecule has 0 atom stereocenters. The second-order valence-electron chi connectivity index (χ2n) is 6.55. The normalized spacial score (nSPS) is 11.3. The number of nitrogens with zero attached hydrogens (tertiary/aromatic N) is 2. The van der Waals surface area contributed by atoms with Gasteiger partial charge >= 0.3 is 0 Å². The summed E-state index contributed by atoms with van der Waals surface area (Å²) in [5.74, 6) is 0. The molecular formula is C22H21N3S. The predicted molar refractivity (Wildman–Crippen MR) is 110 cm³/mol. The predicted octanol–water partition coefficient (Wildman–Crippen LogP) is 6.02. The Labute approximate surface area is 158 Å². The first-order chi connectivity index (χ1) is 12.5. The molecule has 1 heterocycles. The molecule has 3 nitrogen and oxygen atoms in total. The van der Waals surface area contributed by atoms with Gasteiger partial charge in [0.15, 0.2) is 0 Å². The maximum atomic E-state index is 9.55. The van der Waals surface area contributed by atoms with Gasteiger partial charge in [0.05, 0.1) is 5.69 Å². The van der Waals surface area contributed by atoms with Gasteiger partial charge in [0.25, 0.3) is 0 Å². The molecule has 0 aliphatic carbocycles. The molecule has 0 saturated carbocycles. The first kappa shape index (κ1) is 17.9. The molecule has 0 spiro atoms. The van der Waals surface area contributed by atoms with Crippen LogP contribution in [0.4, 0.5) is 5.69 Å². The highest BCUT2D eigenvalue weighted by molar-refractivity contribution is 7.11. The summed E-state index contributed by atoms with van der Waals surface area (Å²) in [4.78, 5) is 4.68. The van der Waals surface area contributed by atoms with Crippen molar-refractivity contribution in [2.24, 2.45) is 0 Å². The zero-order valence-electron chi connectivity index (χ0n) is 15.4. The monoisotopic (exact) mass is 359 g/mol. The van der Waals surface area contributed by atoms with Crippen LogP contribution in [0.3, 0.4) is 0 Å². The fraction of sp³-hybridized carbons (Fsp3) is 0.182. The topological polar surface area (TPSA) is 48.7 Å². The number of thiazole rings is 1. The molecule has 0 amide bonds. The Kier molecular flexibility index (Phi) is 5.20. The third-order valence-corrected chi connectivity index (χ3v) is 4.99. The van der Waals surface area contributed by atoms with Crippen molar-refractivity contribution >= 4 is 22.6 Å². The first-order valence-electron chi connectivity index (χ1n) is 8.45. The summed E-state index contributed by atoms with van der Waals surface area (Å²) in [6, 6.07) is 14.8. The molecule has 0 fully saturated rings. The Morgan fingerprint density at radius 1 is 1.04 bits per heavy atom. The van der Waals surface area contributed by atoms with Crippen molar-refractivity contribution < 1.29 is 0 Å². The molecule has 1 aromatic heterocycles. The van der Waals surface area contributed by atoms with Gasteiger partial charge in [-0.2, -0.15) is 5.26 Å². The van der Waals surface area contributed by atoms with Gasteiger partial charge in [0, 0.05) is 22.8 Å². The Bertz CT molecular complexity index is 1000. The number of rotatable bonds is 4. The van der Waals surface area contributed by atoms with E-state index in [0.29, 0.717) is 5.57 Å². The van der Waals surface area contributed by atoms with Gasteiger partial charge in [-0.3, -0.25) is 0 Å². The number of hydrogen-bond acceptors (Lipinski definition) is 4. The van der Waals surface area contributed by atoms with E-state index in [2.05, 4.69) is 80.5 Å². The standard InChI is InChI=1S/C22H21N3S/c1-14-5-6-20(17(4)8-14)21-13-26-22(25-21)18(11-23)12-24-19-9-15(2)7-16(3)10-19/h5-10,12-13,24H,1-4H3. The maximum absolute atomic E-state index is 9.55. The highest BCUT2D eigenvalue weighted by Gasteiger charge is 2.10. The van der Waals surface area contributed by atoms with Crippen LogP contribution in [-0.4, -0.2) is 4.98 Å². The van der Waals surface area contributed by atoms with Crippen LogP contribution in [0.15, 0.2) is 48.0 Å². The largest absolute Gasteiger partial charge is 0.360 e. The second kappa shape index (κ2) is 7.55. The van der Waals surface area contributed by atoms with Crippen LogP contribution < -0.4 is 5.32 Å². The fourth-order valence-corrected chi connectivity index (χ4v) is 3.76. The van der Waals surface area contributed by atoms with Gasteiger partial charge in [0.1, 0.15) is 16.6 Å². The Morgan fingerprint density at radius 3 is 2.42 bits per heavy atom. The average Bonchev–Trinajstić information content (AvgIpc) is 3.04. The molecule has 2 aromatic carbocycles. The summed E-state index contributed by atoms with van der Waals surface area (Å²) >= 11 is 1.49. The quantitative estimate of drug-likeness (QED) is 0.579. The first-order valence-corrected chi connectivity index (χ1v) is 9.33. The van der Waals surface area contributed by atoms with Gasteiger partial charge in [-0.25, -0.2) is 4.98 Å². The van der Waals surface area contributed by atoms with Crippen molar-refractivity contribution in [1.82, 2.24) is 4.98 Å². The molecular weight excluding hydrogens is 338 g/mol. The number of nitriles is 1. The van der Waals surface area contributed by atoms with E-state index in [4.69, 9.17) is 0 Å². The van der Waals surface area contributed by atoms with Crippen molar-refractivity contribution in [1.29, 1.82) is 5.26 Å². The van der Waals surface area contributed by atoms with E-state index in [0.717, 1.165) is 22.0 Å². The van der Waals surface area contributed by atoms with Gasteiger partial charge in [-0.1, -0.05) is 29.8 Å². The van der Waals surface area contributed by atoms with Crippen LogP contribution in [0.1, 0.15) is 27.3 Å². The zero-order valence-corrected chi connectivity index (χ0v) is 16.2. The molecule has 4 heteroatoms. The van der Waals surface area contributed by atoms with Crippen LogP contribution in [0.2, 0.25) is 0 Å². The molecule has 0 aliphatic rings. The molecule has 0 saturated heterocycles. The Hall–Kier alpha value is -2.90. The van der Waals surface area contributed by atoms with Crippen molar-refractivity contribution in [2.45, 2.75) is 27.7 Å². The minimum Gasteiger partial charge on any atom is -0.360 e. The summed E-state index contributed by atoms with van der Waals surface area (Å²) in [5.41, 5.74) is 8.32. The fourth-order valence-electron chi connectivity index (χ4n) is 2.98. The Morgan fingerprint density at radius 2 is 1.77 bits per heavy atom. The molecule has 0 unspecified atom stereocenters. The maximum Gasteiger partial charge on any atom is 0.136 e. The number of allylic oxidation sites excluding steroid dienone is 1. The van der Waals surface area contributed by atoms with E-state index in [-0.39, 0.29) is 0 Å².